The minimum Gasteiger partial charge on any atom is -0.489 e. The first-order valence-electron chi connectivity index (χ1n) is 7.29. The Labute approximate surface area is 115 Å². The second-order valence-corrected chi connectivity index (χ2v) is 5.97. The fraction of sp³-hybridized carbons (Fsp3) is 0.625. The lowest BCUT2D eigenvalue weighted by Gasteiger charge is -2.30. The number of rotatable bonds is 1. The highest BCUT2D eigenvalue weighted by atomic mass is 16.5. The van der Waals surface area contributed by atoms with Gasteiger partial charge in [0, 0.05) is 12.0 Å². The number of hydrogen-bond donors (Lipinski definition) is 1. The Hall–Kier alpha value is -1.22. The van der Waals surface area contributed by atoms with Crippen molar-refractivity contribution in [2.75, 3.05) is 20.3 Å². The van der Waals surface area contributed by atoms with Crippen molar-refractivity contribution in [2.45, 2.75) is 38.6 Å². The van der Waals surface area contributed by atoms with Crippen LogP contribution in [0.1, 0.15) is 49.8 Å². The number of fused-ring (bicyclic) bond motifs is 2. The summed E-state index contributed by atoms with van der Waals surface area (Å²) < 4.78 is 11.8. The molecule has 3 atom stereocenters. The molecule has 3 unspecified atom stereocenters. The molecular weight excluding hydrogens is 238 g/mol. The molecule has 3 nitrogen and oxygen atoms in total. The van der Waals surface area contributed by atoms with Crippen LogP contribution < -0.4 is 14.8 Å². The van der Waals surface area contributed by atoms with Crippen molar-refractivity contribution in [3.8, 4) is 11.5 Å². The lowest BCUT2D eigenvalue weighted by atomic mass is 9.81. The van der Waals surface area contributed by atoms with Crippen molar-refractivity contribution >= 4 is 0 Å². The van der Waals surface area contributed by atoms with E-state index in [0.29, 0.717) is 17.9 Å². The normalized spacial score (nSPS) is 29.5. The Morgan fingerprint density at radius 2 is 1.63 bits per heavy atom. The maximum absolute atomic E-state index is 5.90. The lowest BCUT2D eigenvalue weighted by molar-refractivity contribution is 0.228. The van der Waals surface area contributed by atoms with Gasteiger partial charge in [-0.1, -0.05) is 13.8 Å². The molecule has 0 amide bonds. The molecule has 0 spiro atoms. The van der Waals surface area contributed by atoms with E-state index in [1.165, 1.54) is 24.0 Å². The van der Waals surface area contributed by atoms with E-state index < -0.39 is 0 Å². The first kappa shape index (κ1) is 12.8. The lowest BCUT2D eigenvalue weighted by Crippen LogP contribution is -2.23. The zero-order valence-corrected chi connectivity index (χ0v) is 12.0. The van der Waals surface area contributed by atoms with Gasteiger partial charge in [0.25, 0.3) is 0 Å². The summed E-state index contributed by atoms with van der Waals surface area (Å²) in [5, 5.41) is 3.42. The minimum atomic E-state index is 0.445. The van der Waals surface area contributed by atoms with Crippen molar-refractivity contribution in [1.29, 1.82) is 0 Å². The highest BCUT2D eigenvalue weighted by molar-refractivity contribution is 5.50. The van der Waals surface area contributed by atoms with Crippen LogP contribution in [0.15, 0.2) is 12.1 Å². The molecule has 1 aliphatic carbocycles. The standard InChI is InChI=1S/C16H23NO2/c1-10-8-18-15-6-12-11(2)4-5-14(17-3)13(12)7-16(15)19-9-10/h6-7,10-11,14,17H,4-5,8-9H2,1-3H3. The Balaban J connectivity index is 2.03. The molecule has 0 aromatic heterocycles. The molecule has 3 rings (SSSR count). The van der Waals surface area contributed by atoms with Gasteiger partial charge < -0.3 is 14.8 Å². The van der Waals surface area contributed by atoms with E-state index in [4.69, 9.17) is 9.47 Å². The van der Waals surface area contributed by atoms with Gasteiger partial charge in [0.15, 0.2) is 11.5 Å². The van der Waals surface area contributed by atoms with E-state index in [1.807, 2.05) is 7.05 Å². The zero-order valence-electron chi connectivity index (χ0n) is 12.0. The number of benzene rings is 1. The summed E-state index contributed by atoms with van der Waals surface area (Å²) in [6.07, 6.45) is 2.43. The third-order valence-electron chi connectivity index (χ3n) is 4.34. The van der Waals surface area contributed by atoms with Crippen LogP contribution >= 0.6 is 0 Å². The summed E-state index contributed by atoms with van der Waals surface area (Å²) in [5.74, 6) is 2.89. The van der Waals surface area contributed by atoms with Crippen LogP contribution in [0.25, 0.3) is 0 Å². The quantitative estimate of drug-likeness (QED) is 0.841. The summed E-state index contributed by atoms with van der Waals surface area (Å²) in [4.78, 5) is 0. The summed E-state index contributed by atoms with van der Waals surface area (Å²) in [6, 6.07) is 4.84. The van der Waals surface area contributed by atoms with Crippen LogP contribution in [-0.2, 0) is 0 Å². The van der Waals surface area contributed by atoms with Gasteiger partial charge in [-0.2, -0.15) is 0 Å². The fourth-order valence-corrected chi connectivity index (χ4v) is 3.09. The van der Waals surface area contributed by atoms with E-state index in [0.717, 1.165) is 24.7 Å². The molecule has 0 saturated heterocycles. The van der Waals surface area contributed by atoms with Gasteiger partial charge in [-0.15, -0.1) is 0 Å². The first-order valence-corrected chi connectivity index (χ1v) is 7.29. The van der Waals surface area contributed by atoms with Crippen LogP contribution in [0.2, 0.25) is 0 Å². The summed E-state index contributed by atoms with van der Waals surface area (Å²) in [6.45, 7) is 5.95. The topological polar surface area (TPSA) is 30.5 Å². The van der Waals surface area contributed by atoms with Crippen molar-refractivity contribution in [2.24, 2.45) is 5.92 Å². The Kier molecular flexibility index (Phi) is 3.40. The monoisotopic (exact) mass is 261 g/mol. The van der Waals surface area contributed by atoms with Gasteiger partial charge in [0.2, 0.25) is 0 Å². The molecule has 0 saturated carbocycles. The first-order chi connectivity index (χ1) is 9.19. The van der Waals surface area contributed by atoms with Crippen molar-refractivity contribution in [1.82, 2.24) is 5.32 Å². The molecular formula is C16H23NO2. The van der Waals surface area contributed by atoms with Gasteiger partial charge in [-0.25, -0.2) is 0 Å². The van der Waals surface area contributed by atoms with E-state index in [2.05, 4.69) is 31.3 Å². The van der Waals surface area contributed by atoms with Crippen LogP contribution in [0.5, 0.6) is 11.5 Å². The number of nitrogens with one attached hydrogen (secondary N) is 1. The van der Waals surface area contributed by atoms with Gasteiger partial charge >= 0.3 is 0 Å². The summed E-state index contributed by atoms with van der Waals surface area (Å²) in [5.41, 5.74) is 2.81. The van der Waals surface area contributed by atoms with Crippen molar-refractivity contribution in [3.05, 3.63) is 23.3 Å². The molecule has 1 heterocycles. The Morgan fingerprint density at radius 1 is 1.00 bits per heavy atom. The highest BCUT2D eigenvalue weighted by Crippen LogP contribution is 2.43. The van der Waals surface area contributed by atoms with Crippen LogP contribution in [0.3, 0.4) is 0 Å². The maximum Gasteiger partial charge on any atom is 0.161 e. The fourth-order valence-electron chi connectivity index (χ4n) is 3.09. The molecule has 19 heavy (non-hydrogen) atoms. The summed E-state index contributed by atoms with van der Waals surface area (Å²) >= 11 is 0. The van der Waals surface area contributed by atoms with Crippen molar-refractivity contribution in [3.63, 3.8) is 0 Å². The predicted molar refractivity (Wildman–Crippen MR) is 76.0 cm³/mol. The Bertz CT molecular complexity index is 472. The number of ether oxygens (including phenoxy) is 2. The summed E-state index contributed by atoms with van der Waals surface area (Å²) in [7, 11) is 2.04. The molecule has 1 aromatic carbocycles. The molecule has 0 radical (unpaired) electrons. The molecule has 104 valence electrons. The zero-order chi connectivity index (χ0) is 13.4. The van der Waals surface area contributed by atoms with E-state index in [-0.39, 0.29) is 0 Å². The SMILES string of the molecule is CNC1CCC(C)c2cc3c(cc21)OCC(C)CO3. The van der Waals surface area contributed by atoms with Crippen LogP contribution in [0.4, 0.5) is 0 Å². The molecule has 2 aliphatic rings. The molecule has 0 fully saturated rings. The third kappa shape index (κ3) is 2.32. The molecule has 0 bridgehead atoms. The van der Waals surface area contributed by atoms with E-state index in [1.54, 1.807) is 0 Å². The average Bonchev–Trinajstić information content (AvgIpc) is 2.60. The average molecular weight is 261 g/mol. The van der Waals surface area contributed by atoms with Crippen LogP contribution in [-0.4, -0.2) is 20.3 Å². The maximum atomic E-state index is 5.90. The smallest absolute Gasteiger partial charge is 0.161 e. The van der Waals surface area contributed by atoms with E-state index in [9.17, 15) is 0 Å². The van der Waals surface area contributed by atoms with Crippen molar-refractivity contribution < 1.29 is 9.47 Å². The minimum absolute atomic E-state index is 0.445. The predicted octanol–water partition coefficient (Wildman–Crippen LogP) is 3.25. The van der Waals surface area contributed by atoms with Gasteiger partial charge in [-0.05, 0) is 49.1 Å². The molecule has 1 aliphatic heterocycles. The molecule has 1 N–H and O–H groups in total. The van der Waals surface area contributed by atoms with E-state index >= 15 is 0 Å². The number of hydrogen-bond acceptors (Lipinski definition) is 3. The van der Waals surface area contributed by atoms with Gasteiger partial charge in [0.1, 0.15) is 0 Å². The van der Waals surface area contributed by atoms with Crippen LogP contribution in [0, 0.1) is 5.92 Å². The second kappa shape index (κ2) is 5.04. The largest absolute Gasteiger partial charge is 0.489 e. The third-order valence-corrected chi connectivity index (χ3v) is 4.34. The highest BCUT2D eigenvalue weighted by Gasteiger charge is 2.27. The van der Waals surface area contributed by atoms with Gasteiger partial charge in [0.05, 0.1) is 13.2 Å². The Morgan fingerprint density at radius 3 is 2.26 bits per heavy atom. The van der Waals surface area contributed by atoms with Gasteiger partial charge in [-0.3, -0.25) is 0 Å². The molecule has 3 heteroatoms. The molecule has 1 aromatic rings. The second-order valence-electron chi connectivity index (χ2n) is 5.97.